The first-order chi connectivity index (χ1) is 17.7. The largest absolute Gasteiger partial charge is 0.486 e. The summed E-state index contributed by atoms with van der Waals surface area (Å²) in [6.45, 7) is 0.203. The van der Waals surface area contributed by atoms with E-state index in [2.05, 4.69) is 21.2 Å². The van der Waals surface area contributed by atoms with Crippen LogP contribution in [0.15, 0.2) is 58.6 Å². The zero-order valence-corrected chi connectivity index (χ0v) is 22.4. The second kappa shape index (κ2) is 10.3. The van der Waals surface area contributed by atoms with Crippen LogP contribution in [0.3, 0.4) is 0 Å². The van der Waals surface area contributed by atoms with Crippen LogP contribution in [0.25, 0.3) is 6.08 Å². The average molecular weight is 625 g/mol. The Morgan fingerprint density at radius 1 is 0.946 bits per heavy atom. The van der Waals surface area contributed by atoms with Gasteiger partial charge in [-0.2, -0.15) is 0 Å². The third kappa shape index (κ3) is 5.13. The Labute approximate surface area is 233 Å². The summed E-state index contributed by atoms with van der Waals surface area (Å²) in [5.74, 6) is -0.417. The number of nitrogens with zero attached hydrogens (tertiary/aromatic N) is 1. The number of amides is 4. The van der Waals surface area contributed by atoms with Crippen LogP contribution in [0.2, 0.25) is 15.1 Å². The van der Waals surface area contributed by atoms with Crippen LogP contribution in [0, 0.1) is 0 Å². The molecular weight excluding hydrogens is 611 g/mol. The van der Waals surface area contributed by atoms with Crippen molar-refractivity contribution in [1.82, 2.24) is 5.32 Å². The second-order valence-corrected chi connectivity index (χ2v) is 9.92. The lowest BCUT2D eigenvalue weighted by atomic mass is 10.1. The van der Waals surface area contributed by atoms with Gasteiger partial charge in [-0.1, -0.05) is 40.9 Å². The number of carbonyl (C=O) groups is 3. The molecule has 2 aliphatic heterocycles. The molecule has 8 nitrogen and oxygen atoms in total. The minimum absolute atomic E-state index is 0.0331. The Bertz CT molecular complexity index is 1490. The number of benzene rings is 3. The molecule has 0 saturated carbocycles. The standard InChI is InChI=1S/C25H14BrCl3N2O6/c26-16-6-13(8-19(29)22(16)35-10-12-1-3-17(27)18(28)7-12)5-15-23(32)30-25(34)31(24(15)33)14-2-4-20-21(9-14)37-11-36-20/h1-9H,10-11H2,(H,30,32,34)/b15-5+. The van der Waals surface area contributed by atoms with Crippen LogP contribution in [0.5, 0.6) is 17.2 Å². The summed E-state index contributed by atoms with van der Waals surface area (Å²) in [6.07, 6.45) is 1.34. The number of halogens is 4. The molecule has 0 unspecified atom stereocenters. The van der Waals surface area contributed by atoms with Gasteiger partial charge in [-0.15, -0.1) is 0 Å². The minimum Gasteiger partial charge on any atom is -0.486 e. The molecule has 5 rings (SSSR count). The zero-order chi connectivity index (χ0) is 26.3. The van der Waals surface area contributed by atoms with E-state index in [0.29, 0.717) is 37.3 Å². The molecule has 3 aromatic rings. The smallest absolute Gasteiger partial charge is 0.335 e. The molecule has 2 aliphatic rings. The van der Waals surface area contributed by atoms with E-state index < -0.39 is 17.8 Å². The second-order valence-electron chi connectivity index (χ2n) is 7.85. The summed E-state index contributed by atoms with van der Waals surface area (Å²) in [6, 6.07) is 12.0. The van der Waals surface area contributed by atoms with E-state index in [9.17, 15) is 14.4 Å². The number of fused-ring (bicyclic) bond motifs is 1. The van der Waals surface area contributed by atoms with Crippen LogP contribution in [-0.2, 0) is 16.2 Å². The predicted octanol–water partition coefficient (Wildman–Crippen LogP) is 6.38. The molecule has 3 aromatic carbocycles. The lowest BCUT2D eigenvalue weighted by Gasteiger charge is -2.26. The number of anilines is 1. The molecule has 0 atom stereocenters. The van der Waals surface area contributed by atoms with Crippen LogP contribution in [0.1, 0.15) is 11.1 Å². The van der Waals surface area contributed by atoms with Crippen molar-refractivity contribution in [2.75, 3.05) is 11.7 Å². The lowest BCUT2D eigenvalue weighted by Crippen LogP contribution is -2.54. The maximum Gasteiger partial charge on any atom is 0.335 e. The third-order valence-electron chi connectivity index (χ3n) is 5.41. The van der Waals surface area contributed by atoms with Crippen LogP contribution < -0.4 is 24.4 Å². The van der Waals surface area contributed by atoms with Crippen molar-refractivity contribution in [2.24, 2.45) is 0 Å². The molecule has 1 saturated heterocycles. The number of nitrogens with one attached hydrogen (secondary N) is 1. The van der Waals surface area contributed by atoms with Crippen molar-refractivity contribution in [1.29, 1.82) is 0 Å². The minimum atomic E-state index is -0.878. The lowest BCUT2D eigenvalue weighted by molar-refractivity contribution is -0.122. The molecule has 0 aromatic heterocycles. The first kappa shape index (κ1) is 25.4. The summed E-state index contributed by atoms with van der Waals surface area (Å²) in [7, 11) is 0. The fourth-order valence-electron chi connectivity index (χ4n) is 3.67. The maximum absolute atomic E-state index is 13.2. The van der Waals surface area contributed by atoms with Gasteiger partial charge >= 0.3 is 6.03 Å². The van der Waals surface area contributed by atoms with Crippen molar-refractivity contribution in [2.45, 2.75) is 6.61 Å². The molecule has 0 radical (unpaired) electrons. The van der Waals surface area contributed by atoms with Gasteiger partial charge in [-0.25, -0.2) is 9.69 Å². The van der Waals surface area contributed by atoms with E-state index in [1.165, 1.54) is 24.3 Å². The van der Waals surface area contributed by atoms with Crippen molar-refractivity contribution < 1.29 is 28.6 Å². The first-order valence-electron chi connectivity index (χ1n) is 10.6. The van der Waals surface area contributed by atoms with Gasteiger partial charge in [0.05, 0.1) is 25.2 Å². The summed E-state index contributed by atoms with van der Waals surface area (Å²) in [4.78, 5) is 39.1. The summed E-state index contributed by atoms with van der Waals surface area (Å²) >= 11 is 21.9. The number of ether oxygens (including phenoxy) is 3. The van der Waals surface area contributed by atoms with E-state index in [-0.39, 0.29) is 29.7 Å². The Morgan fingerprint density at radius 3 is 2.49 bits per heavy atom. The van der Waals surface area contributed by atoms with E-state index >= 15 is 0 Å². The molecule has 37 heavy (non-hydrogen) atoms. The quantitative estimate of drug-likeness (QED) is 0.262. The van der Waals surface area contributed by atoms with E-state index in [1.54, 1.807) is 30.3 Å². The number of urea groups is 1. The Balaban J connectivity index is 1.40. The van der Waals surface area contributed by atoms with Crippen molar-refractivity contribution in [3.8, 4) is 17.2 Å². The molecule has 2 heterocycles. The SMILES string of the molecule is O=C1NC(=O)N(c2ccc3c(c2)OCO3)C(=O)/C1=C/c1cc(Cl)c(OCc2ccc(Cl)c(Cl)c2)c(Br)c1. The van der Waals surface area contributed by atoms with Crippen molar-refractivity contribution in [3.05, 3.63) is 84.8 Å². The highest BCUT2D eigenvalue weighted by atomic mass is 79.9. The molecule has 188 valence electrons. The van der Waals surface area contributed by atoms with Gasteiger partial charge < -0.3 is 14.2 Å². The van der Waals surface area contributed by atoms with E-state index in [0.717, 1.165) is 10.5 Å². The fraction of sp³-hybridized carbons (Fsp3) is 0.0800. The molecule has 1 fully saturated rings. The Morgan fingerprint density at radius 2 is 1.73 bits per heavy atom. The zero-order valence-electron chi connectivity index (χ0n) is 18.5. The molecule has 1 N–H and O–H groups in total. The molecule has 4 amide bonds. The predicted molar refractivity (Wildman–Crippen MR) is 142 cm³/mol. The number of imide groups is 2. The number of carbonyl (C=O) groups excluding carboxylic acids is 3. The summed E-state index contributed by atoms with van der Waals surface area (Å²) in [5.41, 5.74) is 1.17. The summed E-state index contributed by atoms with van der Waals surface area (Å²) < 4.78 is 16.9. The molecular formula is C25H14BrCl3N2O6. The van der Waals surface area contributed by atoms with Gasteiger partial charge in [-0.3, -0.25) is 14.9 Å². The maximum atomic E-state index is 13.2. The number of barbiturate groups is 1. The third-order valence-corrected chi connectivity index (χ3v) is 7.02. The highest BCUT2D eigenvalue weighted by Crippen LogP contribution is 2.38. The van der Waals surface area contributed by atoms with Gasteiger partial charge in [0.25, 0.3) is 11.8 Å². The number of hydrogen-bond acceptors (Lipinski definition) is 6. The first-order valence-corrected chi connectivity index (χ1v) is 12.5. The summed E-state index contributed by atoms with van der Waals surface area (Å²) in [5, 5.41) is 3.25. The van der Waals surface area contributed by atoms with Gasteiger partial charge in [0.15, 0.2) is 17.2 Å². The van der Waals surface area contributed by atoms with Gasteiger partial charge in [0.2, 0.25) is 6.79 Å². The monoisotopic (exact) mass is 622 g/mol. The Hall–Kier alpha value is -3.24. The molecule has 0 aliphatic carbocycles. The topological polar surface area (TPSA) is 94.2 Å². The number of rotatable bonds is 5. The van der Waals surface area contributed by atoms with E-state index in [1.807, 2.05) is 0 Å². The van der Waals surface area contributed by atoms with E-state index in [4.69, 9.17) is 49.0 Å². The fourth-order valence-corrected chi connectivity index (χ4v) is 4.98. The molecule has 0 bridgehead atoms. The van der Waals surface area contributed by atoms with Crippen molar-refractivity contribution in [3.63, 3.8) is 0 Å². The van der Waals surface area contributed by atoms with Gasteiger partial charge in [0.1, 0.15) is 12.2 Å². The Kier molecular flexibility index (Phi) is 7.04. The van der Waals surface area contributed by atoms with Gasteiger partial charge in [0, 0.05) is 6.07 Å². The van der Waals surface area contributed by atoms with Crippen LogP contribution >= 0.6 is 50.7 Å². The molecule has 12 heteroatoms. The van der Waals surface area contributed by atoms with Crippen LogP contribution in [-0.4, -0.2) is 24.6 Å². The normalized spacial score (nSPS) is 15.8. The number of hydrogen-bond donors (Lipinski definition) is 1. The van der Waals surface area contributed by atoms with Crippen molar-refractivity contribution >= 4 is 80.3 Å². The van der Waals surface area contributed by atoms with Gasteiger partial charge in [-0.05, 0) is 69.5 Å². The average Bonchev–Trinajstić information content (AvgIpc) is 3.31. The van der Waals surface area contributed by atoms with Crippen LogP contribution in [0.4, 0.5) is 10.5 Å². The highest BCUT2D eigenvalue weighted by Gasteiger charge is 2.37. The highest BCUT2D eigenvalue weighted by molar-refractivity contribution is 9.10. The molecule has 0 spiro atoms.